The van der Waals surface area contributed by atoms with E-state index in [1.54, 1.807) is 0 Å². The topological polar surface area (TPSA) is 58.7 Å². The van der Waals surface area contributed by atoms with E-state index in [1.165, 1.54) is 24.0 Å². The molecule has 1 aliphatic heterocycles. The molecular weight excluding hydrogens is 358 g/mol. The van der Waals surface area contributed by atoms with Gasteiger partial charge in [-0.25, -0.2) is 0 Å². The normalized spacial score (nSPS) is 16.3. The minimum absolute atomic E-state index is 0.205. The third-order valence-electron chi connectivity index (χ3n) is 5.55. The molecule has 1 amide bonds. The van der Waals surface area contributed by atoms with Crippen LogP contribution in [0.5, 0.6) is 0 Å². The Labute approximate surface area is 174 Å². The van der Waals surface area contributed by atoms with Crippen LogP contribution in [0.1, 0.15) is 61.8 Å². The zero-order chi connectivity index (χ0) is 20.8. The van der Waals surface area contributed by atoms with Crippen LogP contribution in [0.4, 0.5) is 0 Å². The van der Waals surface area contributed by atoms with Crippen LogP contribution in [0.25, 0.3) is 0 Å². The number of rotatable bonds is 7. The second-order valence-electron chi connectivity index (χ2n) is 8.58. The van der Waals surface area contributed by atoms with Gasteiger partial charge in [0.25, 0.3) is 5.91 Å². The first-order chi connectivity index (χ1) is 13.9. The minimum atomic E-state index is -0.311. The molecule has 3 rings (SSSR count). The number of nitrogens with two attached hydrogens (primary N) is 1. The Kier molecular flexibility index (Phi) is 7.21. The molecule has 154 valence electrons. The second-order valence-corrected chi connectivity index (χ2v) is 8.58. The van der Waals surface area contributed by atoms with Gasteiger partial charge in [-0.1, -0.05) is 56.3 Å². The molecule has 1 unspecified atom stereocenters. The Morgan fingerprint density at radius 2 is 1.72 bits per heavy atom. The van der Waals surface area contributed by atoms with Crippen molar-refractivity contribution in [3.8, 4) is 0 Å². The fraction of sp³-hybridized carbons (Fsp3) is 0.440. The van der Waals surface area contributed by atoms with Gasteiger partial charge in [0.05, 0.1) is 5.92 Å². The molecule has 0 saturated carbocycles. The lowest BCUT2D eigenvalue weighted by Gasteiger charge is -2.15. The number of hydrogen-bond acceptors (Lipinski definition) is 2. The Balaban J connectivity index is 1.67. The van der Waals surface area contributed by atoms with Crippen molar-refractivity contribution >= 4 is 11.7 Å². The molecule has 1 heterocycles. The molecule has 0 bridgehead atoms. The van der Waals surface area contributed by atoms with Crippen LogP contribution < -0.4 is 5.73 Å². The first-order valence-corrected chi connectivity index (χ1v) is 10.7. The molecule has 1 aliphatic rings. The van der Waals surface area contributed by atoms with Gasteiger partial charge in [0.2, 0.25) is 0 Å². The maximum atomic E-state index is 12.7. The average Bonchev–Trinajstić information content (AvgIpc) is 3.20. The van der Waals surface area contributed by atoms with Crippen molar-refractivity contribution in [1.29, 1.82) is 0 Å². The van der Waals surface area contributed by atoms with Crippen LogP contribution in [0, 0.1) is 5.92 Å². The maximum absolute atomic E-state index is 12.7. The number of amidine groups is 1. The maximum Gasteiger partial charge on any atom is 0.254 e. The monoisotopic (exact) mass is 391 g/mol. The molecule has 0 radical (unpaired) electrons. The fourth-order valence-corrected chi connectivity index (χ4v) is 3.86. The number of carbonyl (C=O) groups excluding carboxylic acids is 1. The summed E-state index contributed by atoms with van der Waals surface area (Å²) in [5.74, 6) is 0.394. The lowest BCUT2D eigenvalue weighted by molar-refractivity contribution is -0.118. The van der Waals surface area contributed by atoms with Crippen molar-refractivity contribution in [3.05, 3.63) is 70.8 Å². The lowest BCUT2D eigenvalue weighted by atomic mass is 9.96. The summed E-state index contributed by atoms with van der Waals surface area (Å²) in [6.07, 6.45) is 3.59. The Morgan fingerprint density at radius 3 is 2.38 bits per heavy atom. The molecule has 0 spiro atoms. The van der Waals surface area contributed by atoms with Gasteiger partial charge in [0.1, 0.15) is 5.84 Å². The summed E-state index contributed by atoms with van der Waals surface area (Å²) >= 11 is 0. The van der Waals surface area contributed by atoms with Gasteiger partial charge in [-0.3, -0.25) is 9.69 Å². The summed E-state index contributed by atoms with van der Waals surface area (Å²) in [5, 5.41) is 0. The molecule has 1 atom stereocenters. The van der Waals surface area contributed by atoms with Gasteiger partial charge in [0.15, 0.2) is 0 Å². The quantitative estimate of drug-likeness (QED) is 0.558. The molecule has 2 aromatic rings. The number of carbonyl (C=O) groups is 1. The fourth-order valence-electron chi connectivity index (χ4n) is 3.86. The van der Waals surface area contributed by atoms with Crippen LogP contribution in [-0.2, 0) is 17.8 Å². The molecule has 0 aromatic heterocycles. The van der Waals surface area contributed by atoms with Crippen molar-refractivity contribution < 1.29 is 4.79 Å². The minimum Gasteiger partial charge on any atom is -0.383 e. The van der Waals surface area contributed by atoms with Gasteiger partial charge in [0, 0.05) is 12.1 Å². The van der Waals surface area contributed by atoms with Crippen LogP contribution in [0.15, 0.2) is 53.5 Å². The number of hydrogen-bond donors (Lipinski definition) is 1. The largest absolute Gasteiger partial charge is 0.383 e. The summed E-state index contributed by atoms with van der Waals surface area (Å²) in [6.45, 7) is 9.53. The second kappa shape index (κ2) is 9.84. The Bertz CT molecular complexity index is 849. The van der Waals surface area contributed by atoms with Gasteiger partial charge in [-0.2, -0.15) is 4.99 Å². The predicted octanol–water partition coefficient (Wildman–Crippen LogP) is 4.52. The highest BCUT2D eigenvalue weighted by Gasteiger charge is 2.16. The highest BCUT2D eigenvalue weighted by atomic mass is 16.1. The summed E-state index contributed by atoms with van der Waals surface area (Å²) in [4.78, 5) is 19.3. The van der Waals surface area contributed by atoms with E-state index in [1.807, 2.05) is 31.2 Å². The van der Waals surface area contributed by atoms with Crippen LogP contribution in [0.2, 0.25) is 0 Å². The van der Waals surface area contributed by atoms with Gasteiger partial charge < -0.3 is 5.73 Å². The van der Waals surface area contributed by atoms with Crippen molar-refractivity contribution in [2.45, 2.75) is 52.5 Å². The number of nitrogens with zero attached hydrogens (tertiary/aromatic N) is 2. The van der Waals surface area contributed by atoms with Gasteiger partial charge in [-0.05, 0) is 68.0 Å². The van der Waals surface area contributed by atoms with Crippen molar-refractivity contribution in [2.24, 2.45) is 16.6 Å². The van der Waals surface area contributed by atoms with Crippen LogP contribution in [0.3, 0.4) is 0 Å². The van der Waals surface area contributed by atoms with E-state index in [0.29, 0.717) is 11.8 Å². The molecule has 2 N–H and O–H groups in total. The van der Waals surface area contributed by atoms with E-state index >= 15 is 0 Å². The van der Waals surface area contributed by atoms with E-state index in [2.05, 4.69) is 48.0 Å². The Hall–Kier alpha value is -2.46. The van der Waals surface area contributed by atoms with E-state index < -0.39 is 0 Å². The van der Waals surface area contributed by atoms with Crippen LogP contribution in [-0.4, -0.2) is 29.7 Å². The highest BCUT2D eigenvalue weighted by Crippen LogP contribution is 2.19. The number of benzene rings is 2. The lowest BCUT2D eigenvalue weighted by Crippen LogP contribution is -2.20. The summed E-state index contributed by atoms with van der Waals surface area (Å²) in [7, 11) is 0. The first kappa shape index (κ1) is 21.3. The molecule has 1 fully saturated rings. The summed E-state index contributed by atoms with van der Waals surface area (Å²) < 4.78 is 0. The standard InChI is InChI=1S/C25H33N3O/c1-18(2)15-20-9-11-22(12-10-20)19(3)25(29)27-24(26)23-8-6-7-21(16-23)17-28-13-4-5-14-28/h6-12,16,18-19H,4-5,13-15,17H2,1-3H3,(H2,26,27,29). The third kappa shape index (κ3) is 6.01. The molecule has 4 heteroatoms. The number of likely N-dealkylation sites (tertiary alicyclic amines) is 1. The Morgan fingerprint density at radius 1 is 1.03 bits per heavy atom. The molecule has 2 aromatic carbocycles. The van der Waals surface area contributed by atoms with E-state index in [0.717, 1.165) is 37.2 Å². The van der Waals surface area contributed by atoms with Crippen molar-refractivity contribution in [3.63, 3.8) is 0 Å². The number of amides is 1. The van der Waals surface area contributed by atoms with E-state index in [-0.39, 0.29) is 11.8 Å². The first-order valence-electron chi connectivity index (χ1n) is 10.7. The summed E-state index contributed by atoms with van der Waals surface area (Å²) in [6, 6.07) is 16.3. The zero-order valence-corrected chi connectivity index (χ0v) is 17.9. The SMILES string of the molecule is CC(C)Cc1ccc(C(C)C(=O)N=C(N)c2cccc(CN3CCCC3)c2)cc1. The molecule has 0 aliphatic carbocycles. The number of aliphatic imine (C=N–C) groups is 1. The predicted molar refractivity (Wildman–Crippen MR) is 120 cm³/mol. The molecule has 29 heavy (non-hydrogen) atoms. The van der Waals surface area contributed by atoms with Crippen molar-refractivity contribution in [2.75, 3.05) is 13.1 Å². The molecular formula is C25H33N3O. The summed E-state index contributed by atoms with van der Waals surface area (Å²) in [5.41, 5.74) is 10.5. The van der Waals surface area contributed by atoms with E-state index in [9.17, 15) is 4.79 Å². The highest BCUT2D eigenvalue weighted by molar-refractivity contribution is 6.05. The third-order valence-corrected chi connectivity index (χ3v) is 5.55. The molecule has 4 nitrogen and oxygen atoms in total. The van der Waals surface area contributed by atoms with Gasteiger partial charge in [-0.15, -0.1) is 0 Å². The molecule has 1 saturated heterocycles. The van der Waals surface area contributed by atoms with E-state index in [4.69, 9.17) is 5.73 Å². The van der Waals surface area contributed by atoms with Gasteiger partial charge >= 0.3 is 0 Å². The van der Waals surface area contributed by atoms with Crippen LogP contribution >= 0.6 is 0 Å². The van der Waals surface area contributed by atoms with Crippen molar-refractivity contribution in [1.82, 2.24) is 4.90 Å². The average molecular weight is 392 g/mol. The smallest absolute Gasteiger partial charge is 0.254 e. The zero-order valence-electron chi connectivity index (χ0n) is 17.9.